The molecule has 1 nitrogen and oxygen atoms in total. The number of rotatable bonds is 2. The fourth-order valence-corrected chi connectivity index (χ4v) is 2.17. The van der Waals surface area contributed by atoms with Crippen molar-refractivity contribution in [2.75, 3.05) is 11.9 Å². The normalized spacial score (nSPS) is 12.6. The number of hydrogen-bond acceptors (Lipinski definition) is 1. The second kappa shape index (κ2) is 4.72. The average molecular weight is 233 g/mol. The SMILES string of the molecule is CCNc1c(C(C)(C)C)cccc1C(C)(C)C. The quantitative estimate of drug-likeness (QED) is 0.780. The highest BCUT2D eigenvalue weighted by atomic mass is 14.9. The van der Waals surface area contributed by atoms with E-state index >= 15 is 0 Å². The van der Waals surface area contributed by atoms with Gasteiger partial charge in [0.05, 0.1) is 0 Å². The van der Waals surface area contributed by atoms with Gasteiger partial charge in [0, 0.05) is 12.2 Å². The van der Waals surface area contributed by atoms with E-state index in [1.54, 1.807) is 0 Å². The Kier molecular flexibility index (Phi) is 3.91. The first-order valence-electron chi connectivity index (χ1n) is 6.55. The molecule has 0 aliphatic rings. The van der Waals surface area contributed by atoms with E-state index < -0.39 is 0 Å². The van der Waals surface area contributed by atoms with E-state index in [1.165, 1.54) is 16.8 Å². The van der Waals surface area contributed by atoms with Crippen molar-refractivity contribution >= 4 is 5.69 Å². The maximum Gasteiger partial charge on any atom is 0.0415 e. The molecule has 1 aromatic rings. The first-order valence-corrected chi connectivity index (χ1v) is 6.55. The Morgan fingerprint density at radius 3 is 1.59 bits per heavy atom. The monoisotopic (exact) mass is 233 g/mol. The van der Waals surface area contributed by atoms with Crippen molar-refractivity contribution in [2.45, 2.75) is 59.3 Å². The summed E-state index contributed by atoms with van der Waals surface area (Å²) in [6.07, 6.45) is 0. The second-order valence-electron chi connectivity index (χ2n) is 6.76. The highest BCUT2D eigenvalue weighted by Gasteiger charge is 2.24. The molecule has 0 heterocycles. The third kappa shape index (κ3) is 3.24. The van der Waals surface area contributed by atoms with Gasteiger partial charge in [0.1, 0.15) is 0 Å². The first-order chi connectivity index (χ1) is 7.68. The van der Waals surface area contributed by atoms with E-state index in [2.05, 4.69) is 72.0 Å². The van der Waals surface area contributed by atoms with Gasteiger partial charge in [0.2, 0.25) is 0 Å². The number of para-hydroxylation sites is 1. The predicted octanol–water partition coefficient (Wildman–Crippen LogP) is 4.71. The van der Waals surface area contributed by atoms with Crippen molar-refractivity contribution in [1.82, 2.24) is 0 Å². The Hall–Kier alpha value is -0.980. The lowest BCUT2D eigenvalue weighted by molar-refractivity contribution is 0.571. The summed E-state index contributed by atoms with van der Waals surface area (Å²) in [7, 11) is 0. The summed E-state index contributed by atoms with van der Waals surface area (Å²) in [5.41, 5.74) is 4.51. The second-order valence-corrected chi connectivity index (χ2v) is 6.76. The molecule has 0 radical (unpaired) electrons. The third-order valence-corrected chi connectivity index (χ3v) is 3.03. The topological polar surface area (TPSA) is 12.0 Å². The van der Waals surface area contributed by atoms with Gasteiger partial charge in [-0.2, -0.15) is 0 Å². The maximum absolute atomic E-state index is 3.56. The van der Waals surface area contributed by atoms with Crippen molar-refractivity contribution in [3.63, 3.8) is 0 Å². The van der Waals surface area contributed by atoms with Gasteiger partial charge >= 0.3 is 0 Å². The number of anilines is 1. The molecule has 0 aliphatic heterocycles. The number of hydrogen-bond donors (Lipinski definition) is 1. The van der Waals surface area contributed by atoms with Crippen LogP contribution in [0.1, 0.15) is 59.6 Å². The smallest absolute Gasteiger partial charge is 0.0415 e. The average Bonchev–Trinajstić information content (AvgIpc) is 2.15. The van der Waals surface area contributed by atoms with Crippen molar-refractivity contribution in [2.24, 2.45) is 0 Å². The molecule has 0 spiro atoms. The summed E-state index contributed by atoms with van der Waals surface area (Å²) < 4.78 is 0. The molecule has 17 heavy (non-hydrogen) atoms. The van der Waals surface area contributed by atoms with Crippen molar-refractivity contribution in [1.29, 1.82) is 0 Å². The van der Waals surface area contributed by atoms with Crippen LogP contribution in [0, 0.1) is 0 Å². The number of nitrogens with one attached hydrogen (secondary N) is 1. The van der Waals surface area contributed by atoms with Crippen LogP contribution in [0.2, 0.25) is 0 Å². The van der Waals surface area contributed by atoms with E-state index in [4.69, 9.17) is 0 Å². The van der Waals surface area contributed by atoms with E-state index in [0.29, 0.717) is 0 Å². The van der Waals surface area contributed by atoms with Crippen LogP contribution in [0.4, 0.5) is 5.69 Å². The van der Waals surface area contributed by atoms with Gasteiger partial charge < -0.3 is 5.32 Å². The van der Waals surface area contributed by atoms with Gasteiger partial charge in [0.25, 0.3) is 0 Å². The molecule has 0 saturated heterocycles. The highest BCUT2D eigenvalue weighted by molar-refractivity contribution is 5.62. The lowest BCUT2D eigenvalue weighted by atomic mass is 9.79. The molecule has 0 aliphatic carbocycles. The molecular weight excluding hydrogens is 206 g/mol. The summed E-state index contributed by atoms with van der Waals surface area (Å²) >= 11 is 0. The van der Waals surface area contributed by atoms with E-state index in [-0.39, 0.29) is 10.8 Å². The Bertz CT molecular complexity index is 345. The molecule has 1 rings (SSSR count). The van der Waals surface area contributed by atoms with E-state index in [9.17, 15) is 0 Å². The molecule has 1 heteroatoms. The van der Waals surface area contributed by atoms with Gasteiger partial charge in [-0.05, 0) is 28.9 Å². The molecule has 0 unspecified atom stereocenters. The van der Waals surface area contributed by atoms with Crippen LogP contribution in [-0.4, -0.2) is 6.54 Å². The van der Waals surface area contributed by atoms with Gasteiger partial charge in [-0.25, -0.2) is 0 Å². The first kappa shape index (κ1) is 14.1. The zero-order chi connectivity index (χ0) is 13.3. The molecule has 96 valence electrons. The fourth-order valence-electron chi connectivity index (χ4n) is 2.17. The van der Waals surface area contributed by atoms with Crippen LogP contribution in [0.3, 0.4) is 0 Å². The standard InChI is InChI=1S/C16H27N/c1-8-17-14-12(15(2,3)4)10-9-11-13(14)16(5,6)7/h9-11,17H,8H2,1-7H3. The largest absolute Gasteiger partial charge is 0.385 e. The minimum atomic E-state index is 0.179. The lowest BCUT2D eigenvalue weighted by Gasteiger charge is -2.30. The zero-order valence-electron chi connectivity index (χ0n) is 12.4. The zero-order valence-corrected chi connectivity index (χ0v) is 12.4. The van der Waals surface area contributed by atoms with Crippen LogP contribution in [0.15, 0.2) is 18.2 Å². The van der Waals surface area contributed by atoms with Crippen LogP contribution in [0.25, 0.3) is 0 Å². The van der Waals surface area contributed by atoms with Crippen molar-refractivity contribution in [3.8, 4) is 0 Å². The highest BCUT2D eigenvalue weighted by Crippen LogP contribution is 2.37. The Morgan fingerprint density at radius 2 is 1.29 bits per heavy atom. The summed E-state index contributed by atoms with van der Waals surface area (Å²) in [4.78, 5) is 0. The minimum absolute atomic E-state index is 0.179. The third-order valence-electron chi connectivity index (χ3n) is 3.03. The Balaban J connectivity index is 3.43. The molecular formula is C16H27N. The summed E-state index contributed by atoms with van der Waals surface area (Å²) in [6, 6.07) is 6.67. The molecule has 1 aromatic carbocycles. The van der Waals surface area contributed by atoms with E-state index in [1.807, 2.05) is 0 Å². The molecule has 0 bridgehead atoms. The lowest BCUT2D eigenvalue weighted by Crippen LogP contribution is -2.21. The predicted molar refractivity (Wildman–Crippen MR) is 78.0 cm³/mol. The van der Waals surface area contributed by atoms with Gasteiger partial charge in [-0.1, -0.05) is 59.7 Å². The number of benzene rings is 1. The minimum Gasteiger partial charge on any atom is -0.385 e. The molecule has 0 aromatic heterocycles. The molecule has 0 amide bonds. The molecule has 0 atom stereocenters. The summed E-state index contributed by atoms with van der Waals surface area (Å²) in [5, 5.41) is 3.56. The van der Waals surface area contributed by atoms with Crippen molar-refractivity contribution < 1.29 is 0 Å². The van der Waals surface area contributed by atoms with Crippen LogP contribution >= 0.6 is 0 Å². The van der Waals surface area contributed by atoms with Crippen LogP contribution in [0.5, 0.6) is 0 Å². The van der Waals surface area contributed by atoms with Gasteiger partial charge in [0.15, 0.2) is 0 Å². The summed E-state index contributed by atoms with van der Waals surface area (Å²) in [5.74, 6) is 0. The fraction of sp³-hybridized carbons (Fsp3) is 0.625. The summed E-state index contributed by atoms with van der Waals surface area (Å²) in [6.45, 7) is 16.8. The molecule has 0 saturated carbocycles. The van der Waals surface area contributed by atoms with Crippen molar-refractivity contribution in [3.05, 3.63) is 29.3 Å². The molecule has 1 N–H and O–H groups in total. The van der Waals surface area contributed by atoms with Gasteiger partial charge in [-0.15, -0.1) is 0 Å². The van der Waals surface area contributed by atoms with Crippen LogP contribution < -0.4 is 5.32 Å². The Morgan fingerprint density at radius 1 is 0.882 bits per heavy atom. The Labute approximate surface area is 107 Å². The maximum atomic E-state index is 3.56. The van der Waals surface area contributed by atoms with Gasteiger partial charge in [-0.3, -0.25) is 0 Å². The van der Waals surface area contributed by atoms with Crippen LogP contribution in [-0.2, 0) is 10.8 Å². The molecule has 0 fully saturated rings. The van der Waals surface area contributed by atoms with E-state index in [0.717, 1.165) is 6.54 Å².